The Labute approximate surface area is 147 Å². The molecule has 2 nitrogen and oxygen atoms in total. The summed E-state index contributed by atoms with van der Waals surface area (Å²) in [6, 6.07) is 12.0. The van der Waals surface area contributed by atoms with Crippen LogP contribution in [0.1, 0.15) is 24.1 Å². The largest absolute Gasteiger partial charge is 0.497 e. The second-order valence-electron chi connectivity index (χ2n) is 4.58. The molecule has 0 bridgehead atoms. The van der Waals surface area contributed by atoms with E-state index < -0.39 is 0 Å². The molecule has 2 rings (SSSR count). The third-order valence-electron chi connectivity index (χ3n) is 3.15. The summed E-state index contributed by atoms with van der Waals surface area (Å²) in [5.74, 6) is 0.759. The van der Waals surface area contributed by atoms with Gasteiger partial charge in [-0.15, -0.1) is 0 Å². The van der Waals surface area contributed by atoms with E-state index in [1.165, 1.54) is 0 Å². The molecule has 0 aromatic heterocycles. The Morgan fingerprint density at radius 3 is 2.33 bits per heavy atom. The molecule has 0 aliphatic heterocycles. The van der Waals surface area contributed by atoms with Crippen LogP contribution in [0.3, 0.4) is 0 Å². The standard InChI is InChI=1S/C16H16Br2ClNO/c1-3-20-16(10-6-11(17)8-12(18)7-10)14-5-4-13(21-2)9-15(14)19/h4-9,16,20H,3H2,1-2H3. The molecule has 0 heterocycles. The molecule has 1 atom stereocenters. The van der Waals surface area contributed by atoms with Gasteiger partial charge >= 0.3 is 0 Å². The molecule has 0 saturated heterocycles. The van der Waals surface area contributed by atoms with Crippen LogP contribution in [0.25, 0.3) is 0 Å². The molecular formula is C16H16Br2ClNO. The summed E-state index contributed by atoms with van der Waals surface area (Å²) >= 11 is 13.5. The maximum absolute atomic E-state index is 6.42. The van der Waals surface area contributed by atoms with Gasteiger partial charge in [0.05, 0.1) is 13.2 Å². The molecule has 5 heteroatoms. The smallest absolute Gasteiger partial charge is 0.120 e. The molecule has 1 unspecified atom stereocenters. The number of rotatable bonds is 5. The van der Waals surface area contributed by atoms with Crippen LogP contribution in [0.5, 0.6) is 5.75 Å². The lowest BCUT2D eigenvalue weighted by Gasteiger charge is -2.21. The van der Waals surface area contributed by atoms with Crippen LogP contribution in [0.2, 0.25) is 5.02 Å². The Morgan fingerprint density at radius 1 is 1.14 bits per heavy atom. The summed E-state index contributed by atoms with van der Waals surface area (Å²) in [6.07, 6.45) is 0. The van der Waals surface area contributed by atoms with E-state index in [9.17, 15) is 0 Å². The van der Waals surface area contributed by atoms with Gasteiger partial charge < -0.3 is 10.1 Å². The summed E-state index contributed by atoms with van der Waals surface area (Å²) in [5.41, 5.74) is 2.18. The molecule has 0 amide bonds. The van der Waals surface area contributed by atoms with Crippen molar-refractivity contribution in [1.29, 1.82) is 0 Å². The number of hydrogen-bond acceptors (Lipinski definition) is 2. The van der Waals surface area contributed by atoms with Gasteiger partial charge in [-0.2, -0.15) is 0 Å². The van der Waals surface area contributed by atoms with Gasteiger partial charge in [0.25, 0.3) is 0 Å². The molecule has 0 radical (unpaired) electrons. The third kappa shape index (κ3) is 4.22. The first kappa shape index (κ1) is 16.8. The fourth-order valence-electron chi connectivity index (χ4n) is 2.22. The summed E-state index contributed by atoms with van der Waals surface area (Å²) < 4.78 is 7.27. The third-order valence-corrected chi connectivity index (χ3v) is 4.39. The summed E-state index contributed by atoms with van der Waals surface area (Å²) in [4.78, 5) is 0. The maximum Gasteiger partial charge on any atom is 0.120 e. The van der Waals surface area contributed by atoms with Gasteiger partial charge in [0.15, 0.2) is 0 Å². The van der Waals surface area contributed by atoms with Crippen LogP contribution in [0.15, 0.2) is 45.3 Å². The minimum absolute atomic E-state index is 0.0298. The zero-order valence-electron chi connectivity index (χ0n) is 11.8. The zero-order chi connectivity index (χ0) is 15.4. The van der Waals surface area contributed by atoms with Crippen LogP contribution < -0.4 is 10.1 Å². The minimum Gasteiger partial charge on any atom is -0.497 e. The number of nitrogens with one attached hydrogen (secondary N) is 1. The fraction of sp³-hybridized carbons (Fsp3) is 0.250. The molecular weight excluding hydrogens is 417 g/mol. The van der Waals surface area contributed by atoms with E-state index in [0.29, 0.717) is 5.02 Å². The molecule has 2 aromatic carbocycles. The van der Waals surface area contributed by atoms with Gasteiger partial charge in [-0.25, -0.2) is 0 Å². The van der Waals surface area contributed by atoms with Crippen molar-refractivity contribution in [2.45, 2.75) is 13.0 Å². The van der Waals surface area contributed by atoms with Gasteiger partial charge in [0.2, 0.25) is 0 Å². The molecule has 0 aliphatic carbocycles. The highest BCUT2D eigenvalue weighted by atomic mass is 79.9. The Morgan fingerprint density at radius 2 is 1.81 bits per heavy atom. The fourth-order valence-corrected chi connectivity index (χ4v) is 3.83. The van der Waals surface area contributed by atoms with Crippen molar-refractivity contribution >= 4 is 43.5 Å². The van der Waals surface area contributed by atoms with Crippen molar-refractivity contribution in [3.8, 4) is 5.75 Å². The van der Waals surface area contributed by atoms with Gasteiger partial charge in [-0.1, -0.05) is 56.5 Å². The topological polar surface area (TPSA) is 21.3 Å². The Bertz CT molecular complexity index is 613. The molecule has 21 heavy (non-hydrogen) atoms. The Kier molecular flexibility index (Phi) is 6.11. The van der Waals surface area contributed by atoms with Crippen LogP contribution in [0.4, 0.5) is 0 Å². The van der Waals surface area contributed by atoms with E-state index in [1.54, 1.807) is 7.11 Å². The predicted molar refractivity (Wildman–Crippen MR) is 95.4 cm³/mol. The average Bonchev–Trinajstić information content (AvgIpc) is 2.44. The molecule has 0 saturated carbocycles. The molecule has 2 aromatic rings. The molecule has 1 N–H and O–H groups in total. The van der Waals surface area contributed by atoms with E-state index >= 15 is 0 Å². The first-order valence-corrected chi connectivity index (χ1v) is 8.54. The van der Waals surface area contributed by atoms with Crippen molar-refractivity contribution < 1.29 is 4.74 Å². The Balaban J connectivity index is 2.47. The summed E-state index contributed by atoms with van der Waals surface area (Å²) in [5, 5.41) is 4.17. The average molecular weight is 434 g/mol. The van der Waals surface area contributed by atoms with E-state index in [-0.39, 0.29) is 6.04 Å². The lowest BCUT2D eigenvalue weighted by atomic mass is 9.98. The van der Waals surface area contributed by atoms with Gasteiger partial charge in [-0.05, 0) is 48.0 Å². The zero-order valence-corrected chi connectivity index (χ0v) is 15.7. The first-order valence-electron chi connectivity index (χ1n) is 6.58. The molecule has 112 valence electrons. The predicted octanol–water partition coefficient (Wildman–Crippen LogP) is 5.57. The number of benzene rings is 2. The molecule has 0 aliphatic rings. The SMILES string of the molecule is CCNC(c1cc(Br)cc(Br)c1)c1ccc(OC)cc1Cl. The lowest BCUT2D eigenvalue weighted by Crippen LogP contribution is -2.22. The molecule has 0 fully saturated rings. The van der Waals surface area contributed by atoms with Gasteiger partial charge in [0.1, 0.15) is 5.75 Å². The number of ether oxygens (including phenoxy) is 1. The van der Waals surface area contributed by atoms with Crippen molar-refractivity contribution in [1.82, 2.24) is 5.32 Å². The first-order chi connectivity index (χ1) is 10.0. The quantitative estimate of drug-likeness (QED) is 0.665. The summed E-state index contributed by atoms with van der Waals surface area (Å²) in [6.45, 7) is 2.93. The number of methoxy groups -OCH3 is 1. The van der Waals surface area contributed by atoms with Crippen molar-refractivity contribution in [2.24, 2.45) is 0 Å². The monoisotopic (exact) mass is 431 g/mol. The highest BCUT2D eigenvalue weighted by Gasteiger charge is 2.17. The van der Waals surface area contributed by atoms with Crippen molar-refractivity contribution in [2.75, 3.05) is 13.7 Å². The number of hydrogen-bond donors (Lipinski definition) is 1. The summed E-state index contributed by atoms with van der Waals surface area (Å²) in [7, 11) is 1.64. The van der Waals surface area contributed by atoms with Crippen molar-refractivity contribution in [3.05, 3.63) is 61.5 Å². The van der Waals surface area contributed by atoms with Crippen molar-refractivity contribution in [3.63, 3.8) is 0 Å². The van der Waals surface area contributed by atoms with Crippen LogP contribution in [-0.4, -0.2) is 13.7 Å². The second-order valence-corrected chi connectivity index (χ2v) is 6.82. The second kappa shape index (κ2) is 7.63. The number of halogens is 3. The Hall–Kier alpha value is -0.550. The normalized spacial score (nSPS) is 12.2. The van der Waals surface area contributed by atoms with E-state index in [2.05, 4.69) is 56.2 Å². The maximum atomic E-state index is 6.42. The van der Waals surface area contributed by atoms with Gasteiger partial charge in [0, 0.05) is 14.0 Å². The lowest BCUT2D eigenvalue weighted by molar-refractivity contribution is 0.414. The van der Waals surface area contributed by atoms with E-state index in [1.807, 2.05) is 24.3 Å². The van der Waals surface area contributed by atoms with Gasteiger partial charge in [-0.3, -0.25) is 0 Å². The van der Waals surface area contributed by atoms with Crippen LogP contribution >= 0.6 is 43.5 Å². The minimum atomic E-state index is 0.0298. The molecule has 0 spiro atoms. The highest BCUT2D eigenvalue weighted by molar-refractivity contribution is 9.11. The van der Waals surface area contributed by atoms with E-state index in [0.717, 1.165) is 32.4 Å². The van der Waals surface area contributed by atoms with Crippen LogP contribution in [-0.2, 0) is 0 Å². The van der Waals surface area contributed by atoms with E-state index in [4.69, 9.17) is 16.3 Å². The van der Waals surface area contributed by atoms with Crippen LogP contribution in [0, 0.1) is 0 Å². The highest BCUT2D eigenvalue weighted by Crippen LogP contribution is 2.33.